The molecule has 1 N–H and O–H groups in total. The maximum absolute atomic E-state index is 13.2. The van der Waals surface area contributed by atoms with E-state index in [2.05, 4.69) is 25.0 Å². The van der Waals surface area contributed by atoms with Crippen LogP contribution >= 0.6 is 0 Å². The highest BCUT2D eigenvalue weighted by atomic mass is 19.1. The van der Waals surface area contributed by atoms with E-state index in [1.165, 1.54) is 19.2 Å². The minimum Gasteiger partial charge on any atom is -0.495 e. The van der Waals surface area contributed by atoms with Crippen molar-refractivity contribution in [3.05, 3.63) is 70.8 Å². The Bertz CT molecular complexity index is 1160. The zero-order valence-corrected chi connectivity index (χ0v) is 19.1. The number of hydrogen-bond acceptors (Lipinski definition) is 6. The summed E-state index contributed by atoms with van der Waals surface area (Å²) in [6.45, 7) is 6.94. The molecular weight excluding hydrogens is 423 g/mol. The average Bonchev–Trinajstić information content (AvgIpc) is 3.38. The number of rotatable bonds is 7. The van der Waals surface area contributed by atoms with Crippen LogP contribution in [0.25, 0.3) is 5.69 Å². The zero-order valence-electron chi connectivity index (χ0n) is 19.1. The highest BCUT2D eigenvalue weighted by Crippen LogP contribution is 2.41. The predicted octanol–water partition coefficient (Wildman–Crippen LogP) is 4.32. The van der Waals surface area contributed by atoms with Gasteiger partial charge in [-0.2, -0.15) is 10.4 Å². The monoisotopic (exact) mass is 450 g/mol. The van der Waals surface area contributed by atoms with Crippen LogP contribution in [0, 0.1) is 23.1 Å². The molecule has 2 atom stereocenters. The van der Waals surface area contributed by atoms with Crippen molar-refractivity contribution in [1.82, 2.24) is 14.7 Å². The summed E-state index contributed by atoms with van der Waals surface area (Å²) in [4.78, 5) is 1.85. The van der Waals surface area contributed by atoms with Gasteiger partial charge in [-0.25, -0.2) is 9.07 Å². The summed E-state index contributed by atoms with van der Waals surface area (Å²) in [5.74, 6) is 0.755. The molecule has 0 bridgehead atoms. The fraction of sp³-hybridized carbons (Fsp3) is 0.360. The van der Waals surface area contributed by atoms with Crippen LogP contribution in [0.1, 0.15) is 49.4 Å². The molecule has 2 heterocycles. The second-order valence-electron chi connectivity index (χ2n) is 8.54. The number of aromatic nitrogens is 2. The van der Waals surface area contributed by atoms with E-state index >= 15 is 0 Å². The number of methoxy groups -OCH3 is 1. The van der Waals surface area contributed by atoms with Crippen LogP contribution in [0.3, 0.4) is 0 Å². The Morgan fingerprint density at radius 1 is 1.12 bits per heavy atom. The number of benzene rings is 2. The van der Waals surface area contributed by atoms with Gasteiger partial charge in [-0.1, -0.05) is 13.8 Å². The first-order valence-electron chi connectivity index (χ1n) is 10.9. The van der Waals surface area contributed by atoms with Crippen LogP contribution in [-0.4, -0.2) is 33.0 Å². The van der Waals surface area contributed by atoms with E-state index in [1.807, 2.05) is 18.0 Å². The Morgan fingerprint density at radius 3 is 2.45 bits per heavy atom. The lowest BCUT2D eigenvalue weighted by Crippen LogP contribution is -2.26. The van der Waals surface area contributed by atoms with Crippen LogP contribution in [0.15, 0.2) is 42.6 Å². The predicted molar refractivity (Wildman–Crippen MR) is 120 cm³/mol. The third kappa shape index (κ3) is 4.42. The first-order chi connectivity index (χ1) is 15.8. The zero-order chi connectivity index (χ0) is 23.7. The molecule has 3 aromatic rings. The van der Waals surface area contributed by atoms with Crippen LogP contribution in [0.2, 0.25) is 0 Å². The van der Waals surface area contributed by atoms with Crippen LogP contribution in [-0.2, 0) is 13.1 Å². The molecule has 0 saturated heterocycles. The van der Waals surface area contributed by atoms with E-state index in [4.69, 9.17) is 9.47 Å². The number of nitrogens with zero attached hydrogens (tertiary/aromatic N) is 4. The molecule has 0 amide bonds. The maximum Gasteiger partial charge on any atom is 0.147 e. The Morgan fingerprint density at radius 2 is 1.85 bits per heavy atom. The van der Waals surface area contributed by atoms with Gasteiger partial charge in [-0.05, 0) is 49.2 Å². The molecule has 1 aromatic heterocycles. The Labute approximate surface area is 192 Å². The third-order valence-corrected chi connectivity index (χ3v) is 6.03. The van der Waals surface area contributed by atoms with E-state index < -0.39 is 6.23 Å². The second kappa shape index (κ2) is 9.22. The number of nitriles is 1. The van der Waals surface area contributed by atoms with Crippen molar-refractivity contribution in [2.24, 2.45) is 5.92 Å². The van der Waals surface area contributed by atoms with Crippen molar-refractivity contribution in [3.63, 3.8) is 0 Å². The summed E-state index contributed by atoms with van der Waals surface area (Å²) < 4.78 is 26.6. The van der Waals surface area contributed by atoms with Gasteiger partial charge in [0.2, 0.25) is 0 Å². The molecule has 172 valence electrons. The van der Waals surface area contributed by atoms with E-state index in [9.17, 15) is 14.8 Å². The highest BCUT2D eigenvalue weighted by Gasteiger charge is 2.33. The highest BCUT2D eigenvalue weighted by molar-refractivity contribution is 5.56. The summed E-state index contributed by atoms with van der Waals surface area (Å²) in [5.41, 5.74) is 3.31. The third-order valence-electron chi connectivity index (χ3n) is 6.03. The normalized spacial score (nSPS) is 15.2. The van der Waals surface area contributed by atoms with Gasteiger partial charge in [0.1, 0.15) is 29.6 Å². The lowest BCUT2D eigenvalue weighted by molar-refractivity contribution is -0.00738. The molecule has 2 aromatic carbocycles. The SMILES string of the molecule is COc1c(C#N)ccc(OC(C)C(C)C)c1C(O)N1Cc2cn(-c3ccc(F)cc3)nc2C1. The van der Waals surface area contributed by atoms with Gasteiger partial charge in [0.05, 0.1) is 35.7 Å². The number of ether oxygens (including phenoxy) is 2. The molecule has 0 aliphatic carbocycles. The van der Waals surface area contributed by atoms with Gasteiger partial charge in [0.25, 0.3) is 0 Å². The van der Waals surface area contributed by atoms with Crippen LogP contribution in [0.4, 0.5) is 4.39 Å². The number of aliphatic hydroxyl groups excluding tert-OH is 1. The quantitative estimate of drug-likeness (QED) is 0.577. The standard InChI is InChI=1S/C25H27FN4O3/c1-15(2)16(3)33-22-10-5-17(11-27)24(32-4)23(22)25(31)29-12-18-13-30(28-21(18)14-29)20-8-6-19(26)7-9-20/h5-10,13,15-16,25,31H,12,14H2,1-4H3. The summed E-state index contributed by atoms with van der Waals surface area (Å²) in [5, 5.41) is 25.5. The molecule has 0 saturated carbocycles. The van der Waals surface area contributed by atoms with Crippen LogP contribution in [0.5, 0.6) is 11.5 Å². The molecule has 8 heteroatoms. The van der Waals surface area contributed by atoms with Crippen molar-refractivity contribution in [1.29, 1.82) is 5.26 Å². The Hall–Kier alpha value is -3.41. The molecule has 0 spiro atoms. The molecule has 0 fully saturated rings. The molecule has 4 rings (SSSR count). The Kier molecular flexibility index (Phi) is 6.36. The fourth-order valence-electron chi connectivity index (χ4n) is 3.83. The molecule has 2 unspecified atom stereocenters. The molecular formula is C25H27FN4O3. The smallest absolute Gasteiger partial charge is 0.147 e. The van der Waals surface area contributed by atoms with E-state index in [0.717, 1.165) is 16.9 Å². The summed E-state index contributed by atoms with van der Waals surface area (Å²) in [6.07, 6.45) is 0.732. The van der Waals surface area contributed by atoms with Crippen LogP contribution < -0.4 is 9.47 Å². The molecule has 0 radical (unpaired) electrons. The van der Waals surface area contributed by atoms with E-state index in [0.29, 0.717) is 35.7 Å². The van der Waals surface area contributed by atoms with Crippen molar-refractivity contribution < 1.29 is 19.0 Å². The van der Waals surface area contributed by atoms with Crippen molar-refractivity contribution in [2.45, 2.75) is 46.2 Å². The number of hydrogen-bond donors (Lipinski definition) is 1. The summed E-state index contributed by atoms with van der Waals surface area (Å²) in [7, 11) is 1.48. The Balaban J connectivity index is 1.62. The molecule has 1 aliphatic heterocycles. The molecule has 1 aliphatic rings. The van der Waals surface area contributed by atoms with Crippen molar-refractivity contribution in [3.8, 4) is 23.3 Å². The first kappa shape index (κ1) is 22.8. The summed E-state index contributed by atoms with van der Waals surface area (Å²) in [6, 6.07) is 11.6. The van der Waals surface area contributed by atoms with E-state index in [-0.39, 0.29) is 17.8 Å². The topological polar surface area (TPSA) is 83.5 Å². The van der Waals surface area contributed by atoms with Gasteiger partial charge >= 0.3 is 0 Å². The van der Waals surface area contributed by atoms with E-state index in [1.54, 1.807) is 28.9 Å². The number of fused-ring (bicyclic) bond motifs is 1. The lowest BCUT2D eigenvalue weighted by Gasteiger charge is -2.28. The van der Waals surface area contributed by atoms with Crippen molar-refractivity contribution in [2.75, 3.05) is 7.11 Å². The lowest BCUT2D eigenvalue weighted by atomic mass is 10.0. The average molecular weight is 451 g/mol. The van der Waals surface area contributed by atoms with Gasteiger partial charge < -0.3 is 14.6 Å². The fourth-order valence-corrected chi connectivity index (χ4v) is 3.83. The second-order valence-corrected chi connectivity index (χ2v) is 8.54. The van der Waals surface area contributed by atoms with Crippen molar-refractivity contribution >= 4 is 0 Å². The minimum absolute atomic E-state index is 0.0945. The number of halogens is 1. The largest absolute Gasteiger partial charge is 0.495 e. The summed E-state index contributed by atoms with van der Waals surface area (Å²) >= 11 is 0. The van der Waals surface area contributed by atoms with Gasteiger partial charge in [0.15, 0.2) is 0 Å². The maximum atomic E-state index is 13.2. The van der Waals surface area contributed by atoms with Gasteiger partial charge in [0, 0.05) is 24.8 Å². The van der Waals surface area contributed by atoms with Gasteiger partial charge in [-0.3, -0.25) is 4.90 Å². The molecule has 33 heavy (non-hydrogen) atoms. The van der Waals surface area contributed by atoms with Gasteiger partial charge in [-0.15, -0.1) is 0 Å². The minimum atomic E-state index is -1.06. The number of aliphatic hydroxyl groups is 1. The first-order valence-corrected chi connectivity index (χ1v) is 10.9. The molecule has 7 nitrogen and oxygen atoms in total.